The van der Waals surface area contributed by atoms with Gasteiger partial charge in [-0.15, -0.1) is 0 Å². The maximum Gasteiger partial charge on any atom is 0.260 e. The first kappa shape index (κ1) is 19.1. The number of hydrogen-bond acceptors (Lipinski definition) is 4. The molecule has 0 aromatic heterocycles. The smallest absolute Gasteiger partial charge is 0.260 e. The van der Waals surface area contributed by atoms with Gasteiger partial charge in [-0.2, -0.15) is 0 Å². The number of phenolic OH excluding ortho intramolecular Hbond substituents is 1. The van der Waals surface area contributed by atoms with Gasteiger partial charge in [-0.1, -0.05) is 20.8 Å². The van der Waals surface area contributed by atoms with E-state index in [1.165, 1.54) is 12.1 Å². The number of phenols is 1. The Morgan fingerprint density at radius 3 is 2.28 bits per heavy atom. The number of piperidine rings is 1. The summed E-state index contributed by atoms with van der Waals surface area (Å²) in [7, 11) is 0. The Morgan fingerprint density at radius 1 is 1.20 bits per heavy atom. The molecule has 0 radical (unpaired) electrons. The van der Waals surface area contributed by atoms with Crippen molar-refractivity contribution < 1.29 is 19.4 Å². The van der Waals surface area contributed by atoms with Gasteiger partial charge in [-0.3, -0.25) is 9.59 Å². The van der Waals surface area contributed by atoms with Crippen LogP contribution in [0.5, 0.6) is 11.5 Å². The summed E-state index contributed by atoms with van der Waals surface area (Å²) in [4.78, 5) is 26.4. The fraction of sp³-hybridized carbons (Fsp3) is 0.579. The van der Waals surface area contributed by atoms with Crippen LogP contribution in [0.25, 0.3) is 0 Å². The molecule has 2 N–H and O–H groups in total. The van der Waals surface area contributed by atoms with E-state index in [9.17, 15) is 14.7 Å². The number of hydrogen-bond donors (Lipinski definition) is 2. The molecule has 1 aliphatic rings. The third-order valence-electron chi connectivity index (χ3n) is 4.29. The van der Waals surface area contributed by atoms with Gasteiger partial charge in [-0.05, 0) is 44.0 Å². The number of likely N-dealkylation sites (tertiary alicyclic amines) is 1. The highest BCUT2D eigenvalue weighted by molar-refractivity contribution is 5.82. The van der Waals surface area contributed by atoms with E-state index < -0.39 is 6.10 Å². The molecule has 1 aromatic carbocycles. The van der Waals surface area contributed by atoms with Gasteiger partial charge in [0.15, 0.2) is 6.10 Å². The maximum absolute atomic E-state index is 12.3. The summed E-state index contributed by atoms with van der Waals surface area (Å²) in [5.41, 5.74) is -0.372. The molecule has 0 aliphatic carbocycles. The van der Waals surface area contributed by atoms with Crippen LogP contribution in [0.2, 0.25) is 0 Å². The Labute approximate surface area is 149 Å². The second kappa shape index (κ2) is 7.76. The maximum atomic E-state index is 12.3. The molecule has 25 heavy (non-hydrogen) atoms. The lowest BCUT2D eigenvalue weighted by Gasteiger charge is -2.36. The standard InChI is InChI=1S/C19H28N2O4/c1-13(25-16-7-5-15(22)6-8-16)17(23)20-14-9-11-21(12-10-14)18(24)19(2,3)4/h5-8,13-14,22H,9-12H2,1-4H3,(H,20,23). The molecule has 1 saturated heterocycles. The second-order valence-electron chi connectivity index (χ2n) is 7.58. The number of rotatable bonds is 4. The Morgan fingerprint density at radius 2 is 1.76 bits per heavy atom. The molecule has 1 fully saturated rings. The van der Waals surface area contributed by atoms with Crippen LogP contribution in [0.1, 0.15) is 40.5 Å². The van der Waals surface area contributed by atoms with Gasteiger partial charge in [0, 0.05) is 24.5 Å². The van der Waals surface area contributed by atoms with E-state index in [4.69, 9.17) is 4.74 Å². The van der Waals surface area contributed by atoms with Crippen molar-refractivity contribution in [1.82, 2.24) is 10.2 Å². The summed E-state index contributed by atoms with van der Waals surface area (Å²) in [5.74, 6) is 0.669. The molecule has 138 valence electrons. The van der Waals surface area contributed by atoms with E-state index in [0.717, 1.165) is 12.8 Å². The number of carbonyl (C=O) groups excluding carboxylic acids is 2. The molecule has 1 heterocycles. The molecule has 0 saturated carbocycles. The number of aromatic hydroxyl groups is 1. The highest BCUT2D eigenvalue weighted by Gasteiger charge is 2.31. The number of amides is 2. The second-order valence-corrected chi connectivity index (χ2v) is 7.58. The average molecular weight is 348 g/mol. The summed E-state index contributed by atoms with van der Waals surface area (Å²) in [5, 5.41) is 12.3. The van der Waals surface area contributed by atoms with Crippen molar-refractivity contribution >= 4 is 11.8 Å². The number of nitrogens with zero attached hydrogens (tertiary/aromatic N) is 1. The molecule has 2 amide bonds. The lowest BCUT2D eigenvalue weighted by molar-refractivity contribution is -0.140. The van der Waals surface area contributed by atoms with Crippen molar-refractivity contribution in [3.05, 3.63) is 24.3 Å². The van der Waals surface area contributed by atoms with Crippen molar-refractivity contribution in [3.63, 3.8) is 0 Å². The minimum Gasteiger partial charge on any atom is -0.508 e. The largest absolute Gasteiger partial charge is 0.508 e. The summed E-state index contributed by atoms with van der Waals surface area (Å²) in [6.45, 7) is 8.78. The normalized spacial score (nSPS) is 17.0. The van der Waals surface area contributed by atoms with Crippen molar-refractivity contribution in [2.45, 2.75) is 52.7 Å². The Balaban J connectivity index is 1.80. The van der Waals surface area contributed by atoms with Crippen LogP contribution in [0.15, 0.2) is 24.3 Å². The molecule has 0 spiro atoms. The van der Waals surface area contributed by atoms with Crippen LogP contribution in [-0.4, -0.2) is 47.1 Å². The van der Waals surface area contributed by atoms with Crippen LogP contribution in [0.4, 0.5) is 0 Å². The molecule has 0 bridgehead atoms. The molecule has 1 atom stereocenters. The average Bonchev–Trinajstić information content (AvgIpc) is 2.56. The minimum atomic E-state index is -0.626. The molecule has 6 heteroatoms. The first-order chi connectivity index (χ1) is 11.7. The molecule has 2 rings (SSSR count). The van der Waals surface area contributed by atoms with Gasteiger partial charge >= 0.3 is 0 Å². The Bertz CT molecular complexity index is 599. The number of ether oxygens (including phenoxy) is 1. The molecular formula is C19H28N2O4. The van der Waals surface area contributed by atoms with Crippen LogP contribution in [0.3, 0.4) is 0 Å². The van der Waals surface area contributed by atoms with Gasteiger partial charge < -0.3 is 20.1 Å². The summed E-state index contributed by atoms with van der Waals surface area (Å²) >= 11 is 0. The van der Waals surface area contributed by atoms with Crippen LogP contribution in [0, 0.1) is 5.41 Å². The highest BCUT2D eigenvalue weighted by atomic mass is 16.5. The lowest BCUT2D eigenvalue weighted by atomic mass is 9.93. The third-order valence-corrected chi connectivity index (χ3v) is 4.29. The van der Waals surface area contributed by atoms with E-state index >= 15 is 0 Å². The van der Waals surface area contributed by atoms with E-state index in [0.29, 0.717) is 18.8 Å². The quantitative estimate of drug-likeness (QED) is 0.875. The van der Waals surface area contributed by atoms with Crippen LogP contribution >= 0.6 is 0 Å². The zero-order valence-electron chi connectivity index (χ0n) is 15.4. The minimum absolute atomic E-state index is 0.0578. The van der Waals surface area contributed by atoms with E-state index in [2.05, 4.69) is 5.32 Å². The molecule has 1 aliphatic heterocycles. The fourth-order valence-corrected chi connectivity index (χ4v) is 2.80. The molecule has 1 aromatic rings. The van der Waals surface area contributed by atoms with Crippen LogP contribution in [-0.2, 0) is 9.59 Å². The predicted molar refractivity (Wildman–Crippen MR) is 95.4 cm³/mol. The third kappa shape index (κ3) is 5.37. The summed E-state index contributed by atoms with van der Waals surface area (Å²) in [6.07, 6.45) is 0.873. The van der Waals surface area contributed by atoms with Gasteiger partial charge in [-0.25, -0.2) is 0 Å². The zero-order chi connectivity index (χ0) is 18.6. The Kier molecular flexibility index (Phi) is 5.93. The van der Waals surface area contributed by atoms with E-state index in [1.807, 2.05) is 25.7 Å². The van der Waals surface area contributed by atoms with Crippen molar-refractivity contribution in [3.8, 4) is 11.5 Å². The van der Waals surface area contributed by atoms with Crippen molar-refractivity contribution in [1.29, 1.82) is 0 Å². The fourth-order valence-electron chi connectivity index (χ4n) is 2.80. The SMILES string of the molecule is CC(Oc1ccc(O)cc1)C(=O)NC1CCN(C(=O)C(C)(C)C)CC1. The number of carbonyl (C=O) groups is 2. The number of benzene rings is 1. The Hall–Kier alpha value is -2.24. The molecule has 6 nitrogen and oxygen atoms in total. The predicted octanol–water partition coefficient (Wildman–Crippen LogP) is 2.31. The van der Waals surface area contributed by atoms with E-state index in [-0.39, 0.29) is 29.0 Å². The van der Waals surface area contributed by atoms with Gasteiger partial charge in [0.1, 0.15) is 11.5 Å². The monoisotopic (exact) mass is 348 g/mol. The topological polar surface area (TPSA) is 78.9 Å². The van der Waals surface area contributed by atoms with Crippen molar-refractivity contribution in [2.75, 3.05) is 13.1 Å². The number of nitrogens with one attached hydrogen (secondary N) is 1. The van der Waals surface area contributed by atoms with Gasteiger partial charge in [0.25, 0.3) is 5.91 Å². The lowest BCUT2D eigenvalue weighted by Crippen LogP contribution is -2.51. The first-order valence-electron chi connectivity index (χ1n) is 8.72. The van der Waals surface area contributed by atoms with Crippen LogP contribution < -0.4 is 10.1 Å². The molecule has 1 unspecified atom stereocenters. The summed E-state index contributed by atoms with van der Waals surface area (Å²) < 4.78 is 5.59. The summed E-state index contributed by atoms with van der Waals surface area (Å²) in [6, 6.07) is 6.33. The highest BCUT2D eigenvalue weighted by Crippen LogP contribution is 2.21. The van der Waals surface area contributed by atoms with Gasteiger partial charge in [0.2, 0.25) is 5.91 Å². The van der Waals surface area contributed by atoms with E-state index in [1.54, 1.807) is 19.1 Å². The van der Waals surface area contributed by atoms with Gasteiger partial charge in [0.05, 0.1) is 0 Å². The van der Waals surface area contributed by atoms with Crippen molar-refractivity contribution in [2.24, 2.45) is 5.41 Å². The first-order valence-corrected chi connectivity index (χ1v) is 8.72. The zero-order valence-corrected chi connectivity index (χ0v) is 15.4. The molecular weight excluding hydrogens is 320 g/mol.